The van der Waals surface area contributed by atoms with E-state index < -0.39 is 5.97 Å². The van der Waals surface area contributed by atoms with Crippen molar-refractivity contribution in [1.82, 2.24) is 0 Å². The number of hydrogen-bond donors (Lipinski definition) is 2. The average Bonchev–Trinajstić information content (AvgIpc) is 3.05. The number of rotatable bonds is 6. The maximum absolute atomic E-state index is 12.3. The fourth-order valence-electron chi connectivity index (χ4n) is 9.35. The first kappa shape index (κ1) is 25.7. The van der Waals surface area contributed by atoms with Crippen LogP contribution in [0.2, 0.25) is 0 Å². The minimum atomic E-state index is -0.877. The normalized spacial score (nSPS) is 42.4. The molecule has 0 aromatic heterocycles. The third-order valence-corrected chi connectivity index (χ3v) is 11.8. The number of carbonyl (C=O) groups is 2. The van der Waals surface area contributed by atoms with E-state index in [4.69, 9.17) is 5.11 Å². The first-order valence-corrected chi connectivity index (χ1v) is 13.6. The molecule has 4 aliphatic carbocycles. The van der Waals surface area contributed by atoms with Crippen LogP contribution in [0.3, 0.4) is 0 Å². The van der Waals surface area contributed by atoms with Crippen molar-refractivity contribution in [2.45, 2.75) is 112 Å². The molecule has 4 nitrogen and oxygen atoms in total. The Hall–Kier alpha value is -1.42. The Morgan fingerprint density at radius 1 is 1.03 bits per heavy atom. The molecule has 0 radical (unpaired) electrons. The second kappa shape index (κ2) is 8.61. The quantitative estimate of drug-likeness (QED) is 0.257. The molecule has 190 valence electrons. The lowest BCUT2D eigenvalue weighted by atomic mass is 9.43. The van der Waals surface area contributed by atoms with Crippen molar-refractivity contribution < 1.29 is 19.8 Å². The Labute approximate surface area is 206 Å². The Morgan fingerprint density at radius 3 is 2.38 bits per heavy atom. The van der Waals surface area contributed by atoms with Crippen LogP contribution in [-0.4, -0.2) is 28.6 Å². The molecular formula is C30H46O4. The monoisotopic (exact) mass is 470 g/mol. The summed E-state index contributed by atoms with van der Waals surface area (Å²) in [6, 6.07) is 0. The fraction of sp³-hybridized carbons (Fsp3) is 0.800. The standard InChI is InChI=1S/C30H46O4/c1-19(26(33)34)8-7-9-20(18-31)21-12-16-30(6)23-10-11-24-27(2,3)25(32)14-15-28(24,4)22(23)13-17-29(21,30)5/h8,18,20-21,24-25,32H,7,9-17H2,1-6H3,(H,33,34)/b19-8-/t20-,21+,24+,25-,28-,29+,30-/m1/s1. The van der Waals surface area contributed by atoms with E-state index in [1.54, 1.807) is 24.1 Å². The molecule has 0 spiro atoms. The second-order valence-electron chi connectivity index (χ2n) is 13.3. The number of aliphatic hydroxyl groups excluding tert-OH is 1. The van der Waals surface area contributed by atoms with Crippen molar-refractivity contribution in [3.63, 3.8) is 0 Å². The number of hydrogen-bond acceptors (Lipinski definition) is 3. The van der Waals surface area contributed by atoms with E-state index in [0.29, 0.717) is 23.8 Å². The number of allylic oxidation sites excluding steroid dienone is 3. The summed E-state index contributed by atoms with van der Waals surface area (Å²) in [5, 5.41) is 19.9. The topological polar surface area (TPSA) is 74.6 Å². The molecule has 7 atom stereocenters. The second-order valence-corrected chi connectivity index (χ2v) is 13.3. The van der Waals surface area contributed by atoms with Crippen LogP contribution in [0, 0.1) is 39.4 Å². The Morgan fingerprint density at radius 2 is 1.74 bits per heavy atom. The number of aliphatic carboxylic acids is 1. The largest absolute Gasteiger partial charge is 0.478 e. The van der Waals surface area contributed by atoms with Crippen LogP contribution in [0.25, 0.3) is 0 Å². The molecule has 0 amide bonds. The lowest BCUT2D eigenvalue weighted by Gasteiger charge is -2.62. The summed E-state index contributed by atoms with van der Waals surface area (Å²) in [5.74, 6) is -0.00260. The predicted octanol–water partition coefficient (Wildman–Crippen LogP) is 6.72. The summed E-state index contributed by atoms with van der Waals surface area (Å²) in [7, 11) is 0. The van der Waals surface area contributed by atoms with Crippen LogP contribution in [-0.2, 0) is 9.59 Å². The van der Waals surface area contributed by atoms with Gasteiger partial charge in [-0.05, 0) is 105 Å². The van der Waals surface area contributed by atoms with E-state index in [9.17, 15) is 14.7 Å². The average molecular weight is 471 g/mol. The lowest BCUT2D eigenvalue weighted by Crippen LogP contribution is -2.55. The molecule has 2 saturated carbocycles. The number of aldehydes is 1. The van der Waals surface area contributed by atoms with Crippen LogP contribution < -0.4 is 0 Å². The molecule has 0 aromatic rings. The van der Waals surface area contributed by atoms with Crippen molar-refractivity contribution in [3.05, 3.63) is 22.8 Å². The SMILES string of the molecule is C/C(=C/CC[C@H](C=O)[C@@H]1CC[C@]2(C)C3=C(CC[C@@]12C)[C@@]1(C)CC[C@@H](O)C(C)(C)[C@@H]1CC3)C(=O)O. The Kier molecular flexibility index (Phi) is 6.50. The molecule has 0 aliphatic heterocycles. The van der Waals surface area contributed by atoms with Gasteiger partial charge in [0.15, 0.2) is 0 Å². The zero-order valence-corrected chi connectivity index (χ0v) is 22.2. The van der Waals surface area contributed by atoms with E-state index in [0.717, 1.165) is 57.8 Å². The zero-order valence-electron chi connectivity index (χ0n) is 22.2. The van der Waals surface area contributed by atoms with Crippen molar-refractivity contribution in [2.75, 3.05) is 0 Å². The molecule has 0 bridgehead atoms. The van der Waals surface area contributed by atoms with E-state index in [1.807, 2.05) is 0 Å². The van der Waals surface area contributed by atoms with E-state index in [1.165, 1.54) is 6.29 Å². The van der Waals surface area contributed by atoms with Crippen molar-refractivity contribution in [3.8, 4) is 0 Å². The maximum Gasteiger partial charge on any atom is 0.330 e. The van der Waals surface area contributed by atoms with E-state index in [-0.39, 0.29) is 33.7 Å². The van der Waals surface area contributed by atoms with Crippen LogP contribution >= 0.6 is 0 Å². The summed E-state index contributed by atoms with van der Waals surface area (Å²) >= 11 is 0. The van der Waals surface area contributed by atoms with E-state index in [2.05, 4.69) is 34.6 Å². The van der Waals surface area contributed by atoms with Gasteiger partial charge < -0.3 is 15.0 Å². The first-order valence-electron chi connectivity index (χ1n) is 13.6. The number of fused-ring (bicyclic) bond motifs is 4. The zero-order chi connectivity index (χ0) is 25.1. The number of carbonyl (C=O) groups excluding carboxylic acids is 1. The summed E-state index contributed by atoms with van der Waals surface area (Å²) in [6.07, 6.45) is 12.9. The summed E-state index contributed by atoms with van der Waals surface area (Å²) in [5.41, 5.74) is 4.14. The van der Waals surface area contributed by atoms with Gasteiger partial charge >= 0.3 is 5.97 Å². The highest BCUT2D eigenvalue weighted by atomic mass is 16.4. The van der Waals surface area contributed by atoms with Gasteiger partial charge in [0.1, 0.15) is 6.29 Å². The summed E-state index contributed by atoms with van der Waals surface area (Å²) in [6.45, 7) is 13.6. The van der Waals surface area contributed by atoms with Crippen molar-refractivity contribution >= 4 is 12.3 Å². The van der Waals surface area contributed by atoms with Gasteiger partial charge in [-0.1, -0.05) is 51.8 Å². The van der Waals surface area contributed by atoms with Gasteiger partial charge in [-0.3, -0.25) is 0 Å². The van der Waals surface area contributed by atoms with Crippen molar-refractivity contribution in [2.24, 2.45) is 39.4 Å². The van der Waals surface area contributed by atoms with Crippen LogP contribution in [0.4, 0.5) is 0 Å². The molecule has 4 aliphatic rings. The highest BCUT2D eigenvalue weighted by Gasteiger charge is 2.63. The van der Waals surface area contributed by atoms with Crippen LogP contribution in [0.5, 0.6) is 0 Å². The summed E-state index contributed by atoms with van der Waals surface area (Å²) in [4.78, 5) is 23.4. The fourth-order valence-corrected chi connectivity index (χ4v) is 9.35. The van der Waals surface area contributed by atoms with Crippen molar-refractivity contribution in [1.29, 1.82) is 0 Å². The molecule has 0 aromatic carbocycles. The molecule has 4 rings (SSSR count). The van der Waals surface area contributed by atoms with Gasteiger partial charge in [0.05, 0.1) is 6.10 Å². The molecule has 2 fully saturated rings. The smallest absolute Gasteiger partial charge is 0.330 e. The highest BCUT2D eigenvalue weighted by Crippen LogP contribution is 2.72. The maximum atomic E-state index is 12.3. The molecule has 0 saturated heterocycles. The first-order chi connectivity index (χ1) is 15.8. The van der Waals surface area contributed by atoms with Gasteiger partial charge in [0.25, 0.3) is 0 Å². The summed E-state index contributed by atoms with van der Waals surface area (Å²) < 4.78 is 0. The number of aliphatic hydroxyl groups is 1. The minimum absolute atomic E-state index is 0.0116. The molecule has 0 unspecified atom stereocenters. The van der Waals surface area contributed by atoms with Gasteiger partial charge in [-0.2, -0.15) is 0 Å². The third-order valence-electron chi connectivity index (χ3n) is 11.8. The molecule has 2 N–H and O–H groups in total. The van der Waals surface area contributed by atoms with Gasteiger partial charge in [0, 0.05) is 11.5 Å². The van der Waals surface area contributed by atoms with E-state index >= 15 is 0 Å². The predicted molar refractivity (Wildman–Crippen MR) is 135 cm³/mol. The molecular weight excluding hydrogens is 424 g/mol. The third kappa shape index (κ3) is 3.57. The molecule has 34 heavy (non-hydrogen) atoms. The van der Waals surface area contributed by atoms with Gasteiger partial charge in [0.2, 0.25) is 0 Å². The Balaban J connectivity index is 1.63. The van der Waals surface area contributed by atoms with Gasteiger partial charge in [-0.15, -0.1) is 0 Å². The minimum Gasteiger partial charge on any atom is -0.478 e. The van der Waals surface area contributed by atoms with Gasteiger partial charge in [-0.25, -0.2) is 4.79 Å². The Bertz CT molecular complexity index is 913. The number of carboxylic acids is 1. The van der Waals surface area contributed by atoms with Crippen LogP contribution in [0.15, 0.2) is 22.8 Å². The molecule has 0 heterocycles. The number of carboxylic acid groups (broad SMARTS) is 1. The van der Waals surface area contributed by atoms with Crippen LogP contribution in [0.1, 0.15) is 106 Å². The lowest BCUT2D eigenvalue weighted by molar-refractivity contribution is -0.132. The highest BCUT2D eigenvalue weighted by molar-refractivity contribution is 5.85. The molecule has 4 heteroatoms.